The zero-order chi connectivity index (χ0) is 15.1. The third-order valence-electron chi connectivity index (χ3n) is 3.23. The topological polar surface area (TPSA) is 90.0 Å². The van der Waals surface area contributed by atoms with Crippen LogP contribution in [0.5, 0.6) is 0 Å². The van der Waals surface area contributed by atoms with E-state index in [1.54, 1.807) is 7.05 Å². The van der Waals surface area contributed by atoms with Gasteiger partial charge in [0.05, 0.1) is 19.5 Å². The summed E-state index contributed by atoms with van der Waals surface area (Å²) in [5.74, 6) is -0.940. The van der Waals surface area contributed by atoms with E-state index in [1.807, 2.05) is 11.8 Å². The van der Waals surface area contributed by atoms with E-state index in [-0.39, 0.29) is 37.2 Å². The molecule has 7 heteroatoms. The van der Waals surface area contributed by atoms with Crippen molar-refractivity contribution >= 4 is 17.8 Å². The molecule has 2 amide bonds. The first kappa shape index (κ1) is 16.4. The smallest absolute Gasteiger partial charge is 0.303 e. The molecule has 1 rings (SSSR count). The van der Waals surface area contributed by atoms with Crippen molar-refractivity contribution in [2.45, 2.75) is 19.8 Å². The van der Waals surface area contributed by atoms with Crippen LogP contribution in [-0.2, 0) is 14.4 Å². The van der Waals surface area contributed by atoms with Crippen molar-refractivity contribution in [1.82, 2.24) is 15.1 Å². The van der Waals surface area contributed by atoms with Crippen molar-refractivity contribution in [2.75, 3.05) is 39.8 Å². The van der Waals surface area contributed by atoms with Crippen molar-refractivity contribution in [3.05, 3.63) is 0 Å². The number of carboxylic acids is 1. The summed E-state index contributed by atoms with van der Waals surface area (Å²) in [6.07, 6.45) is 1.02. The van der Waals surface area contributed by atoms with Gasteiger partial charge < -0.3 is 15.3 Å². The summed E-state index contributed by atoms with van der Waals surface area (Å²) in [6, 6.07) is 0. The van der Waals surface area contributed by atoms with Gasteiger partial charge in [-0.1, -0.05) is 6.92 Å². The fourth-order valence-corrected chi connectivity index (χ4v) is 2.12. The number of likely N-dealkylation sites (tertiary alicyclic amines) is 1. The monoisotopic (exact) mass is 285 g/mol. The molecule has 0 saturated carbocycles. The van der Waals surface area contributed by atoms with E-state index >= 15 is 0 Å². The standard InChI is InChI=1S/C13H23N3O4/c1-3-4-14-11(17)8-15(2)12(18)9-16-6-10(7-16)5-13(19)20/h10H,3-9H2,1-2H3,(H,14,17)(H,19,20). The Kier molecular flexibility index (Phi) is 6.44. The molecular weight excluding hydrogens is 262 g/mol. The minimum atomic E-state index is -0.800. The minimum absolute atomic E-state index is 0.0607. The Morgan fingerprint density at radius 2 is 2.00 bits per heavy atom. The Balaban J connectivity index is 2.20. The Morgan fingerprint density at radius 3 is 2.55 bits per heavy atom. The van der Waals surface area contributed by atoms with Gasteiger partial charge in [0.1, 0.15) is 0 Å². The maximum absolute atomic E-state index is 11.9. The number of carbonyl (C=O) groups is 3. The van der Waals surface area contributed by atoms with Gasteiger partial charge in [-0.25, -0.2) is 0 Å². The van der Waals surface area contributed by atoms with Crippen LogP contribution in [0.1, 0.15) is 19.8 Å². The van der Waals surface area contributed by atoms with Gasteiger partial charge >= 0.3 is 5.97 Å². The number of carboxylic acid groups (broad SMARTS) is 1. The summed E-state index contributed by atoms with van der Waals surface area (Å²) >= 11 is 0. The van der Waals surface area contributed by atoms with Crippen molar-refractivity contribution < 1.29 is 19.5 Å². The van der Waals surface area contributed by atoms with Crippen LogP contribution < -0.4 is 5.32 Å². The van der Waals surface area contributed by atoms with Gasteiger partial charge in [0.2, 0.25) is 11.8 Å². The van der Waals surface area contributed by atoms with Crippen LogP contribution in [0.15, 0.2) is 0 Å². The summed E-state index contributed by atoms with van der Waals surface area (Å²) in [5.41, 5.74) is 0. The predicted molar refractivity (Wildman–Crippen MR) is 73.1 cm³/mol. The van der Waals surface area contributed by atoms with E-state index in [9.17, 15) is 14.4 Å². The van der Waals surface area contributed by atoms with E-state index in [0.29, 0.717) is 19.6 Å². The average Bonchev–Trinajstić information content (AvgIpc) is 2.32. The highest BCUT2D eigenvalue weighted by atomic mass is 16.4. The minimum Gasteiger partial charge on any atom is -0.481 e. The summed E-state index contributed by atoms with van der Waals surface area (Å²) in [5, 5.41) is 11.4. The van der Waals surface area contributed by atoms with E-state index in [1.165, 1.54) is 4.90 Å². The van der Waals surface area contributed by atoms with Gasteiger partial charge in [-0.05, 0) is 12.3 Å². The van der Waals surface area contributed by atoms with Crippen LogP contribution in [0.4, 0.5) is 0 Å². The summed E-state index contributed by atoms with van der Waals surface area (Å²) in [4.78, 5) is 37.2. The van der Waals surface area contributed by atoms with Crippen molar-refractivity contribution in [3.63, 3.8) is 0 Å². The maximum atomic E-state index is 11.9. The largest absolute Gasteiger partial charge is 0.481 e. The van der Waals surface area contributed by atoms with Crippen molar-refractivity contribution in [2.24, 2.45) is 5.92 Å². The lowest BCUT2D eigenvalue weighted by atomic mass is 9.96. The second kappa shape index (κ2) is 7.84. The molecule has 1 heterocycles. The first-order valence-corrected chi connectivity index (χ1v) is 6.87. The van der Waals surface area contributed by atoms with Gasteiger partial charge in [-0.2, -0.15) is 0 Å². The molecular formula is C13H23N3O4. The number of nitrogens with zero attached hydrogens (tertiary/aromatic N) is 2. The van der Waals surface area contributed by atoms with E-state index in [4.69, 9.17) is 5.11 Å². The van der Waals surface area contributed by atoms with Gasteiger partial charge in [0, 0.05) is 26.7 Å². The first-order valence-electron chi connectivity index (χ1n) is 6.87. The molecule has 0 unspecified atom stereocenters. The number of aliphatic carboxylic acids is 1. The average molecular weight is 285 g/mol. The Labute approximate surface area is 118 Å². The Hall–Kier alpha value is -1.63. The maximum Gasteiger partial charge on any atom is 0.303 e. The second-order valence-corrected chi connectivity index (χ2v) is 5.26. The molecule has 114 valence electrons. The van der Waals surface area contributed by atoms with E-state index < -0.39 is 5.97 Å². The van der Waals surface area contributed by atoms with Crippen molar-refractivity contribution in [3.8, 4) is 0 Å². The summed E-state index contributed by atoms with van der Waals surface area (Å²) in [6.45, 7) is 4.15. The number of nitrogens with one attached hydrogen (secondary N) is 1. The predicted octanol–water partition coefficient (Wildman–Crippen LogP) is -0.622. The van der Waals surface area contributed by atoms with Crippen LogP contribution in [0.3, 0.4) is 0 Å². The molecule has 0 aliphatic carbocycles. The fourth-order valence-electron chi connectivity index (χ4n) is 2.12. The highest BCUT2D eigenvalue weighted by Gasteiger charge is 2.30. The highest BCUT2D eigenvalue weighted by Crippen LogP contribution is 2.18. The van der Waals surface area contributed by atoms with Gasteiger partial charge in [0.15, 0.2) is 0 Å². The fraction of sp³-hybridized carbons (Fsp3) is 0.769. The highest BCUT2D eigenvalue weighted by molar-refractivity contribution is 5.85. The lowest BCUT2D eigenvalue weighted by Gasteiger charge is -2.38. The Bertz CT molecular complexity index is 367. The third-order valence-corrected chi connectivity index (χ3v) is 3.23. The molecule has 1 saturated heterocycles. The molecule has 2 N–H and O–H groups in total. The van der Waals surface area contributed by atoms with Crippen molar-refractivity contribution in [1.29, 1.82) is 0 Å². The second-order valence-electron chi connectivity index (χ2n) is 5.26. The van der Waals surface area contributed by atoms with Crippen LogP contribution in [0, 0.1) is 5.92 Å². The Morgan fingerprint density at radius 1 is 1.35 bits per heavy atom. The van der Waals surface area contributed by atoms with Gasteiger partial charge in [0.25, 0.3) is 0 Å². The lowest BCUT2D eigenvalue weighted by Crippen LogP contribution is -2.52. The molecule has 0 aromatic heterocycles. The van der Waals surface area contributed by atoms with E-state index in [0.717, 1.165) is 6.42 Å². The quantitative estimate of drug-likeness (QED) is 0.620. The van der Waals surface area contributed by atoms with Gasteiger partial charge in [-0.15, -0.1) is 0 Å². The molecule has 20 heavy (non-hydrogen) atoms. The van der Waals surface area contributed by atoms with Crippen LogP contribution in [0.25, 0.3) is 0 Å². The number of rotatable bonds is 8. The van der Waals surface area contributed by atoms with Crippen LogP contribution in [0.2, 0.25) is 0 Å². The zero-order valence-corrected chi connectivity index (χ0v) is 12.1. The third kappa shape index (κ3) is 5.56. The normalized spacial score (nSPS) is 15.5. The SMILES string of the molecule is CCCNC(=O)CN(C)C(=O)CN1CC(CC(=O)O)C1. The number of hydrogen-bond acceptors (Lipinski definition) is 4. The molecule has 1 aliphatic rings. The molecule has 1 aliphatic heterocycles. The van der Waals surface area contributed by atoms with Crippen LogP contribution >= 0.6 is 0 Å². The molecule has 0 spiro atoms. The molecule has 0 atom stereocenters. The molecule has 0 aromatic carbocycles. The number of hydrogen-bond donors (Lipinski definition) is 2. The van der Waals surface area contributed by atoms with Gasteiger partial charge in [-0.3, -0.25) is 19.3 Å². The number of amides is 2. The molecule has 1 fully saturated rings. The first-order chi connectivity index (χ1) is 9.42. The number of carbonyl (C=O) groups excluding carboxylic acids is 2. The van der Waals surface area contributed by atoms with E-state index in [2.05, 4.69) is 5.32 Å². The molecule has 0 aromatic rings. The zero-order valence-electron chi connectivity index (χ0n) is 12.1. The number of likely N-dealkylation sites (N-methyl/N-ethyl adjacent to an activating group) is 1. The molecule has 0 bridgehead atoms. The summed E-state index contributed by atoms with van der Waals surface area (Å²) < 4.78 is 0. The molecule has 0 radical (unpaired) electrons. The lowest BCUT2D eigenvalue weighted by molar-refractivity contribution is -0.140. The molecule has 7 nitrogen and oxygen atoms in total. The summed E-state index contributed by atoms with van der Waals surface area (Å²) in [7, 11) is 1.60. The van der Waals surface area contributed by atoms with Crippen LogP contribution in [-0.4, -0.2) is 72.5 Å².